The molecule has 0 aliphatic carbocycles. The lowest BCUT2D eigenvalue weighted by Gasteiger charge is -2.12. The summed E-state index contributed by atoms with van der Waals surface area (Å²) in [6.45, 7) is 0.465. The van der Waals surface area contributed by atoms with Crippen LogP contribution in [0.4, 0.5) is 0 Å². The molecule has 126 valence electrons. The van der Waals surface area contributed by atoms with Crippen molar-refractivity contribution in [2.24, 2.45) is 12.8 Å². The second-order valence-electron chi connectivity index (χ2n) is 5.83. The number of nitrogens with zero attached hydrogens (tertiary/aromatic N) is 1. The zero-order valence-electron chi connectivity index (χ0n) is 13.7. The molecule has 6 heteroatoms. The summed E-state index contributed by atoms with van der Waals surface area (Å²) in [6, 6.07) is 12.7. The molecule has 0 bridgehead atoms. The van der Waals surface area contributed by atoms with Crippen molar-refractivity contribution in [2.75, 3.05) is 12.8 Å². The topological polar surface area (TPSA) is 74.3 Å². The van der Waals surface area contributed by atoms with Gasteiger partial charge in [-0.3, -0.25) is 0 Å². The van der Waals surface area contributed by atoms with Gasteiger partial charge in [-0.2, -0.15) is 0 Å². The standard InChI is InChI=1S/C18H20N2O3S/c1-20-10-8-14-11-15(4-6-17(14)20)23-18-12-16(24(2,21)22)5-3-13(18)7-9-19/h3-6,8,10-12H,7,9,19H2,1-2H3. The van der Waals surface area contributed by atoms with Crippen molar-refractivity contribution in [1.29, 1.82) is 0 Å². The number of rotatable bonds is 5. The molecule has 0 saturated carbocycles. The van der Waals surface area contributed by atoms with Gasteiger partial charge in [0.2, 0.25) is 0 Å². The number of fused-ring (bicyclic) bond motifs is 1. The maximum absolute atomic E-state index is 11.8. The zero-order valence-corrected chi connectivity index (χ0v) is 14.5. The highest BCUT2D eigenvalue weighted by Crippen LogP contribution is 2.30. The predicted octanol–water partition coefficient (Wildman–Crippen LogP) is 2.88. The number of benzene rings is 2. The second kappa shape index (κ2) is 6.30. The van der Waals surface area contributed by atoms with Gasteiger partial charge in [0.15, 0.2) is 9.84 Å². The minimum Gasteiger partial charge on any atom is -0.457 e. The molecule has 24 heavy (non-hydrogen) atoms. The van der Waals surface area contributed by atoms with E-state index in [1.54, 1.807) is 18.2 Å². The first-order valence-electron chi connectivity index (χ1n) is 7.64. The summed E-state index contributed by atoms with van der Waals surface area (Å²) >= 11 is 0. The average Bonchev–Trinajstić information content (AvgIpc) is 2.89. The maximum Gasteiger partial charge on any atom is 0.175 e. The number of hydrogen-bond donors (Lipinski definition) is 1. The molecular formula is C18H20N2O3S. The number of aryl methyl sites for hydroxylation is 1. The molecule has 0 aliphatic heterocycles. The Hall–Kier alpha value is -2.31. The molecule has 1 heterocycles. The fraction of sp³-hybridized carbons (Fsp3) is 0.222. The fourth-order valence-corrected chi connectivity index (χ4v) is 3.31. The van der Waals surface area contributed by atoms with E-state index >= 15 is 0 Å². The third kappa shape index (κ3) is 3.29. The monoisotopic (exact) mass is 344 g/mol. The van der Waals surface area contributed by atoms with E-state index in [1.165, 1.54) is 6.26 Å². The molecule has 0 saturated heterocycles. The highest BCUT2D eigenvalue weighted by molar-refractivity contribution is 7.90. The van der Waals surface area contributed by atoms with Crippen molar-refractivity contribution < 1.29 is 13.2 Å². The third-order valence-electron chi connectivity index (χ3n) is 3.96. The van der Waals surface area contributed by atoms with E-state index in [-0.39, 0.29) is 4.90 Å². The summed E-state index contributed by atoms with van der Waals surface area (Å²) in [5, 5.41) is 1.06. The van der Waals surface area contributed by atoms with Crippen LogP contribution in [0.25, 0.3) is 10.9 Å². The van der Waals surface area contributed by atoms with E-state index < -0.39 is 9.84 Å². The summed E-state index contributed by atoms with van der Waals surface area (Å²) in [4.78, 5) is 0.235. The zero-order chi connectivity index (χ0) is 17.3. The molecule has 0 aliphatic rings. The molecule has 0 atom stereocenters. The molecule has 2 N–H and O–H groups in total. The minimum absolute atomic E-state index is 0.235. The Morgan fingerprint density at radius 3 is 2.62 bits per heavy atom. The van der Waals surface area contributed by atoms with E-state index in [9.17, 15) is 8.42 Å². The van der Waals surface area contributed by atoms with Crippen LogP contribution in [-0.4, -0.2) is 25.8 Å². The van der Waals surface area contributed by atoms with Crippen molar-refractivity contribution in [3.8, 4) is 11.5 Å². The lowest BCUT2D eigenvalue weighted by Crippen LogP contribution is -2.05. The van der Waals surface area contributed by atoms with Gasteiger partial charge in [-0.05, 0) is 54.9 Å². The number of sulfone groups is 1. The quantitative estimate of drug-likeness (QED) is 0.772. The number of ether oxygens (including phenoxy) is 1. The first kappa shape index (κ1) is 16.5. The Morgan fingerprint density at radius 1 is 1.12 bits per heavy atom. The second-order valence-corrected chi connectivity index (χ2v) is 7.85. The maximum atomic E-state index is 11.8. The van der Waals surface area contributed by atoms with Crippen molar-refractivity contribution in [3.63, 3.8) is 0 Å². The fourth-order valence-electron chi connectivity index (χ4n) is 2.67. The van der Waals surface area contributed by atoms with Gasteiger partial charge < -0.3 is 15.0 Å². The molecule has 1 aromatic heterocycles. The number of aromatic nitrogens is 1. The Labute approximate surface area is 141 Å². The van der Waals surface area contributed by atoms with Gasteiger partial charge in [-0.1, -0.05) is 6.07 Å². The Kier molecular flexibility index (Phi) is 4.34. The van der Waals surface area contributed by atoms with Crippen molar-refractivity contribution >= 4 is 20.7 Å². The summed E-state index contributed by atoms with van der Waals surface area (Å²) in [5.41, 5.74) is 7.64. The summed E-state index contributed by atoms with van der Waals surface area (Å²) in [7, 11) is -1.31. The predicted molar refractivity (Wildman–Crippen MR) is 95.3 cm³/mol. The van der Waals surface area contributed by atoms with E-state index in [4.69, 9.17) is 10.5 Å². The molecular weight excluding hydrogens is 324 g/mol. The van der Waals surface area contributed by atoms with Crippen LogP contribution in [0.1, 0.15) is 5.56 Å². The lowest BCUT2D eigenvalue weighted by molar-refractivity contribution is 0.475. The van der Waals surface area contributed by atoms with E-state index in [0.29, 0.717) is 24.5 Å². The first-order chi connectivity index (χ1) is 11.4. The summed E-state index contributed by atoms with van der Waals surface area (Å²) in [6.07, 6.45) is 3.79. The highest BCUT2D eigenvalue weighted by Gasteiger charge is 2.13. The average molecular weight is 344 g/mol. The number of hydrogen-bond acceptors (Lipinski definition) is 4. The van der Waals surface area contributed by atoms with Gasteiger partial charge in [0.1, 0.15) is 11.5 Å². The molecule has 0 spiro atoms. The molecule has 3 aromatic rings. The van der Waals surface area contributed by atoms with Crippen LogP contribution in [0.15, 0.2) is 53.6 Å². The largest absolute Gasteiger partial charge is 0.457 e. The van der Waals surface area contributed by atoms with Gasteiger partial charge in [-0.15, -0.1) is 0 Å². The van der Waals surface area contributed by atoms with Gasteiger partial charge in [0.05, 0.1) is 4.90 Å². The van der Waals surface area contributed by atoms with Crippen LogP contribution in [0.5, 0.6) is 11.5 Å². The van der Waals surface area contributed by atoms with Crippen LogP contribution < -0.4 is 10.5 Å². The SMILES string of the molecule is Cn1ccc2cc(Oc3cc(S(C)(=O)=O)ccc3CCN)ccc21. The van der Waals surface area contributed by atoms with Crippen LogP contribution in [0.2, 0.25) is 0 Å². The van der Waals surface area contributed by atoms with Crippen molar-refractivity contribution in [3.05, 3.63) is 54.2 Å². The van der Waals surface area contributed by atoms with E-state index in [2.05, 4.69) is 0 Å². The van der Waals surface area contributed by atoms with E-state index in [1.807, 2.05) is 42.1 Å². The molecule has 0 unspecified atom stereocenters. The van der Waals surface area contributed by atoms with Crippen molar-refractivity contribution in [2.45, 2.75) is 11.3 Å². The first-order valence-corrected chi connectivity index (χ1v) is 9.53. The Balaban J connectivity index is 2.02. The van der Waals surface area contributed by atoms with Crippen LogP contribution >= 0.6 is 0 Å². The minimum atomic E-state index is -3.30. The Bertz CT molecular complexity index is 991. The molecule has 3 rings (SSSR count). The van der Waals surface area contributed by atoms with Gasteiger partial charge in [0.25, 0.3) is 0 Å². The highest BCUT2D eigenvalue weighted by atomic mass is 32.2. The molecule has 0 amide bonds. The molecule has 0 radical (unpaired) electrons. The summed E-state index contributed by atoms with van der Waals surface area (Å²) in [5.74, 6) is 1.19. The Morgan fingerprint density at radius 2 is 1.92 bits per heavy atom. The smallest absolute Gasteiger partial charge is 0.175 e. The molecule has 0 fully saturated rings. The van der Waals surface area contributed by atoms with Crippen LogP contribution in [0.3, 0.4) is 0 Å². The number of nitrogens with two attached hydrogens (primary N) is 1. The van der Waals surface area contributed by atoms with Crippen LogP contribution in [0, 0.1) is 0 Å². The molecule has 2 aromatic carbocycles. The van der Waals surface area contributed by atoms with E-state index in [0.717, 1.165) is 16.5 Å². The summed E-state index contributed by atoms with van der Waals surface area (Å²) < 4.78 is 31.6. The third-order valence-corrected chi connectivity index (χ3v) is 5.08. The van der Waals surface area contributed by atoms with Gasteiger partial charge in [0, 0.05) is 30.4 Å². The van der Waals surface area contributed by atoms with Gasteiger partial charge in [-0.25, -0.2) is 8.42 Å². The molecule has 5 nitrogen and oxygen atoms in total. The normalized spacial score (nSPS) is 11.8. The van der Waals surface area contributed by atoms with Crippen LogP contribution in [-0.2, 0) is 23.3 Å². The van der Waals surface area contributed by atoms with Crippen molar-refractivity contribution in [1.82, 2.24) is 4.57 Å². The van der Waals surface area contributed by atoms with Gasteiger partial charge >= 0.3 is 0 Å². The lowest BCUT2D eigenvalue weighted by atomic mass is 10.1.